The number of nitrogens with one attached hydrogen (secondary N) is 2. The Labute approximate surface area is 205 Å². The Kier molecular flexibility index (Phi) is 6.48. The van der Waals surface area contributed by atoms with Crippen LogP contribution in [0.4, 0.5) is 11.4 Å². The minimum atomic E-state index is -0.243. The van der Waals surface area contributed by atoms with Gasteiger partial charge in [0.2, 0.25) is 0 Å². The average Bonchev–Trinajstić information content (AvgIpc) is 3.29. The van der Waals surface area contributed by atoms with Gasteiger partial charge in [0, 0.05) is 81.5 Å². The number of rotatable bonds is 6. The van der Waals surface area contributed by atoms with Crippen LogP contribution in [0.3, 0.4) is 0 Å². The topological polar surface area (TPSA) is 80.4 Å². The summed E-state index contributed by atoms with van der Waals surface area (Å²) < 4.78 is 0. The maximum Gasteiger partial charge on any atom is 0.276 e. The number of nitrogens with zero attached hydrogens (tertiary/aromatic N) is 5. The third-order valence-corrected chi connectivity index (χ3v) is 6.55. The number of aromatic nitrogens is 3. The Bertz CT molecular complexity index is 1320. The summed E-state index contributed by atoms with van der Waals surface area (Å²) in [5, 5.41) is 11.0. The molecule has 0 unspecified atom stereocenters. The highest BCUT2D eigenvalue weighted by Crippen LogP contribution is 2.27. The number of carbonyl (C=O) groups is 1. The lowest BCUT2D eigenvalue weighted by molar-refractivity contribution is 0.102. The molecule has 1 aliphatic heterocycles. The predicted octanol–water partition coefficient (Wildman–Crippen LogP) is 3.69. The molecule has 0 saturated carbocycles. The second-order valence-corrected chi connectivity index (χ2v) is 9.39. The molecule has 8 nitrogen and oxygen atoms in total. The zero-order valence-corrected chi connectivity index (χ0v) is 20.5. The highest BCUT2D eigenvalue weighted by atomic mass is 16.1. The van der Waals surface area contributed by atoms with Gasteiger partial charge in [-0.1, -0.05) is 6.07 Å². The van der Waals surface area contributed by atoms with Crippen LogP contribution in [0.15, 0.2) is 60.9 Å². The quantitative estimate of drug-likeness (QED) is 0.448. The molecule has 0 aliphatic carbocycles. The summed E-state index contributed by atoms with van der Waals surface area (Å²) >= 11 is 0. The maximum absolute atomic E-state index is 13.0. The minimum absolute atomic E-state index is 0.243. The summed E-state index contributed by atoms with van der Waals surface area (Å²) in [6.45, 7) is 5.21. The third-order valence-electron chi connectivity index (χ3n) is 6.55. The second kappa shape index (κ2) is 9.85. The Hall–Kier alpha value is -3.75. The maximum atomic E-state index is 13.0. The number of H-pyrrole nitrogens is 1. The number of likely N-dealkylation sites (N-methyl/N-ethyl adjacent to an activating group) is 1. The zero-order valence-electron chi connectivity index (χ0n) is 20.5. The fourth-order valence-corrected chi connectivity index (χ4v) is 4.40. The lowest BCUT2D eigenvalue weighted by Gasteiger charge is -2.32. The molecule has 5 rings (SSSR count). The highest BCUT2D eigenvalue weighted by molar-refractivity contribution is 6.11. The lowest BCUT2D eigenvalue weighted by atomic mass is 10.0. The largest absolute Gasteiger partial charge is 0.378 e. The normalized spacial score (nSPS) is 14.8. The molecule has 1 aliphatic rings. The predicted molar refractivity (Wildman–Crippen MR) is 141 cm³/mol. The number of pyridine rings is 1. The molecule has 0 bridgehead atoms. The van der Waals surface area contributed by atoms with Crippen molar-refractivity contribution in [3.63, 3.8) is 0 Å². The molecule has 2 aromatic carbocycles. The monoisotopic (exact) mass is 469 g/mol. The number of carbonyl (C=O) groups excluding carboxylic acids is 1. The Balaban J connectivity index is 1.36. The Morgan fingerprint density at radius 2 is 1.77 bits per heavy atom. The molecule has 4 aromatic rings. The van der Waals surface area contributed by atoms with Crippen LogP contribution in [-0.2, 0) is 6.54 Å². The summed E-state index contributed by atoms with van der Waals surface area (Å²) in [6.07, 6.45) is 3.82. The molecular weight excluding hydrogens is 438 g/mol. The van der Waals surface area contributed by atoms with Gasteiger partial charge in [-0.2, -0.15) is 5.10 Å². The molecule has 1 amide bonds. The first kappa shape index (κ1) is 23.0. The number of fused-ring (bicyclic) bond motifs is 1. The highest BCUT2D eigenvalue weighted by Gasteiger charge is 2.17. The van der Waals surface area contributed by atoms with Crippen molar-refractivity contribution in [2.24, 2.45) is 0 Å². The summed E-state index contributed by atoms with van der Waals surface area (Å²) in [7, 11) is 6.14. The first-order valence-electron chi connectivity index (χ1n) is 11.9. The second-order valence-electron chi connectivity index (χ2n) is 9.39. The Morgan fingerprint density at radius 1 is 1.00 bits per heavy atom. The van der Waals surface area contributed by atoms with E-state index in [-0.39, 0.29) is 5.91 Å². The van der Waals surface area contributed by atoms with Crippen LogP contribution in [0.1, 0.15) is 16.1 Å². The van der Waals surface area contributed by atoms with E-state index in [4.69, 9.17) is 0 Å². The van der Waals surface area contributed by atoms with Crippen LogP contribution in [0.5, 0.6) is 0 Å². The molecular formula is C27H31N7O. The number of aromatic amines is 1. The van der Waals surface area contributed by atoms with Gasteiger partial charge in [0.25, 0.3) is 5.91 Å². The van der Waals surface area contributed by atoms with Gasteiger partial charge in [0.1, 0.15) is 0 Å². The molecule has 2 N–H and O–H groups in total. The van der Waals surface area contributed by atoms with Crippen molar-refractivity contribution in [1.82, 2.24) is 25.0 Å². The smallest absolute Gasteiger partial charge is 0.276 e. The van der Waals surface area contributed by atoms with Gasteiger partial charge in [0.15, 0.2) is 5.69 Å². The molecule has 0 atom stereocenters. The molecule has 0 radical (unpaired) electrons. The SMILES string of the molecule is CN1CCN(Cc2cncc(-c3ccc4[nH]nc(C(=O)Nc5ccc(N(C)C)cc5)c4c3)c2)CC1. The molecule has 3 heterocycles. The molecule has 1 saturated heterocycles. The van der Waals surface area contributed by atoms with Crippen LogP contribution in [0.25, 0.3) is 22.0 Å². The van der Waals surface area contributed by atoms with Crippen LogP contribution in [-0.4, -0.2) is 78.2 Å². The van der Waals surface area contributed by atoms with Gasteiger partial charge >= 0.3 is 0 Å². The standard InChI is InChI=1S/C27H31N7O/c1-32(2)23-7-5-22(6-8-23)29-27(35)26-24-15-20(4-9-25(24)30-31-26)21-14-19(16-28-17-21)18-34-12-10-33(3)11-13-34/h4-9,14-17H,10-13,18H2,1-3H3,(H,29,35)(H,30,31). The van der Waals surface area contributed by atoms with Gasteiger partial charge in [-0.3, -0.25) is 19.8 Å². The molecule has 180 valence electrons. The summed E-state index contributed by atoms with van der Waals surface area (Å²) in [5.41, 5.74) is 6.23. The van der Waals surface area contributed by atoms with Gasteiger partial charge in [-0.05, 0) is 60.6 Å². The summed E-state index contributed by atoms with van der Waals surface area (Å²) in [6, 6.07) is 15.9. The number of benzene rings is 2. The van der Waals surface area contributed by atoms with E-state index < -0.39 is 0 Å². The first-order valence-corrected chi connectivity index (χ1v) is 11.9. The van der Waals surface area contributed by atoms with Crippen LogP contribution in [0.2, 0.25) is 0 Å². The number of hydrogen-bond donors (Lipinski definition) is 2. The molecule has 35 heavy (non-hydrogen) atoms. The van der Waals surface area contributed by atoms with E-state index in [0.29, 0.717) is 5.69 Å². The van der Waals surface area contributed by atoms with E-state index in [9.17, 15) is 4.79 Å². The Morgan fingerprint density at radius 3 is 2.51 bits per heavy atom. The van der Waals surface area contributed by atoms with Gasteiger partial charge < -0.3 is 15.1 Å². The number of anilines is 2. The number of amides is 1. The van der Waals surface area contributed by atoms with Crippen LogP contribution >= 0.6 is 0 Å². The van der Waals surface area contributed by atoms with E-state index >= 15 is 0 Å². The summed E-state index contributed by atoms with van der Waals surface area (Å²) in [5.74, 6) is -0.243. The van der Waals surface area contributed by atoms with Crippen LogP contribution < -0.4 is 10.2 Å². The van der Waals surface area contributed by atoms with E-state index in [1.54, 1.807) is 0 Å². The number of piperazine rings is 1. The molecule has 0 spiro atoms. The zero-order chi connectivity index (χ0) is 24.4. The fourth-order valence-electron chi connectivity index (χ4n) is 4.40. The van der Waals surface area contributed by atoms with Crippen LogP contribution in [0, 0.1) is 0 Å². The molecule has 1 fully saturated rings. The van der Waals surface area contributed by atoms with Crippen molar-refractivity contribution < 1.29 is 4.79 Å². The average molecular weight is 470 g/mol. The van der Waals surface area contributed by atoms with Crippen molar-refractivity contribution in [1.29, 1.82) is 0 Å². The van der Waals surface area contributed by atoms with Crippen molar-refractivity contribution in [3.8, 4) is 11.1 Å². The van der Waals surface area contributed by atoms with Crippen molar-refractivity contribution in [2.75, 3.05) is 57.5 Å². The van der Waals surface area contributed by atoms with Gasteiger partial charge in [-0.25, -0.2) is 0 Å². The van der Waals surface area contributed by atoms with Crippen molar-refractivity contribution >= 4 is 28.2 Å². The van der Waals surface area contributed by atoms with E-state index in [2.05, 4.69) is 43.4 Å². The summed E-state index contributed by atoms with van der Waals surface area (Å²) in [4.78, 5) is 24.4. The molecule has 8 heteroatoms. The van der Waals surface area contributed by atoms with Gasteiger partial charge in [0.05, 0.1) is 5.52 Å². The van der Waals surface area contributed by atoms with E-state index in [1.807, 2.05) is 73.9 Å². The fraction of sp³-hybridized carbons (Fsp3) is 0.296. The van der Waals surface area contributed by atoms with E-state index in [0.717, 1.165) is 66.1 Å². The minimum Gasteiger partial charge on any atom is -0.378 e. The lowest BCUT2D eigenvalue weighted by Crippen LogP contribution is -2.43. The molecule has 2 aromatic heterocycles. The van der Waals surface area contributed by atoms with Crippen molar-refractivity contribution in [2.45, 2.75) is 6.54 Å². The van der Waals surface area contributed by atoms with Gasteiger partial charge in [-0.15, -0.1) is 0 Å². The number of hydrogen-bond acceptors (Lipinski definition) is 6. The third kappa shape index (κ3) is 5.18. The van der Waals surface area contributed by atoms with E-state index in [1.165, 1.54) is 5.56 Å². The first-order chi connectivity index (χ1) is 17.0. The van der Waals surface area contributed by atoms with Crippen molar-refractivity contribution in [3.05, 3.63) is 72.2 Å².